The highest BCUT2D eigenvalue weighted by Crippen LogP contribution is 2.57. The van der Waals surface area contributed by atoms with Gasteiger partial charge in [0.05, 0.1) is 35.3 Å². The van der Waals surface area contributed by atoms with Crippen LogP contribution in [0.15, 0.2) is 41.9 Å². The molecule has 0 radical (unpaired) electrons. The van der Waals surface area contributed by atoms with Gasteiger partial charge in [-0.05, 0) is 56.0 Å². The molecule has 3 saturated heterocycles. The number of carbonyl (C=O) groups excluding carboxylic acids is 3. The molecular formula is C40H47N7O6S. The third-order valence-corrected chi connectivity index (χ3v) is 13.0. The molecule has 6 atom stereocenters. The van der Waals surface area contributed by atoms with E-state index in [0.717, 1.165) is 62.6 Å². The maximum Gasteiger partial charge on any atom is 0.324 e. The van der Waals surface area contributed by atoms with Gasteiger partial charge < -0.3 is 29.0 Å². The van der Waals surface area contributed by atoms with E-state index in [1.165, 1.54) is 16.3 Å². The van der Waals surface area contributed by atoms with Gasteiger partial charge in [0.1, 0.15) is 18.2 Å². The summed E-state index contributed by atoms with van der Waals surface area (Å²) >= 11 is 1.48. The van der Waals surface area contributed by atoms with Gasteiger partial charge in [-0.3, -0.25) is 19.6 Å². The Labute approximate surface area is 318 Å². The fourth-order valence-electron chi connectivity index (χ4n) is 9.42. The number of esters is 1. The van der Waals surface area contributed by atoms with Crippen LogP contribution < -0.4 is 10.7 Å². The number of rotatable bonds is 3. The third kappa shape index (κ3) is 5.80. The highest BCUT2D eigenvalue weighted by atomic mass is 32.1. The number of nitrogens with one attached hydrogen (secondary N) is 2. The van der Waals surface area contributed by atoms with E-state index in [4.69, 9.17) is 24.2 Å². The van der Waals surface area contributed by atoms with E-state index in [1.807, 2.05) is 22.5 Å². The van der Waals surface area contributed by atoms with Crippen LogP contribution in [0.2, 0.25) is 0 Å². The van der Waals surface area contributed by atoms with Crippen LogP contribution in [0.5, 0.6) is 0 Å². The number of nitrogens with zero attached hydrogens (tertiary/aromatic N) is 5. The number of urea groups is 1. The first kappa shape index (κ1) is 35.3. The van der Waals surface area contributed by atoms with Gasteiger partial charge in [0.25, 0.3) is 5.91 Å². The summed E-state index contributed by atoms with van der Waals surface area (Å²) in [7, 11) is 1.72. The highest BCUT2D eigenvalue weighted by molar-refractivity contribution is 7.10. The van der Waals surface area contributed by atoms with Crippen LogP contribution in [0.3, 0.4) is 0 Å². The Morgan fingerprint density at radius 2 is 2.07 bits per heavy atom. The second-order valence-electron chi connectivity index (χ2n) is 15.9. The zero-order valence-corrected chi connectivity index (χ0v) is 32.0. The minimum Gasteiger partial charge on any atom is -0.464 e. The maximum absolute atomic E-state index is 14.3. The first-order valence-electron chi connectivity index (χ1n) is 19.1. The number of fused-ring (bicyclic) bond motifs is 9. The quantitative estimate of drug-likeness (QED) is 0.275. The molecule has 1 aliphatic carbocycles. The van der Waals surface area contributed by atoms with E-state index < -0.39 is 23.5 Å². The highest BCUT2D eigenvalue weighted by Gasteiger charge is 2.48. The first-order valence-corrected chi connectivity index (χ1v) is 20.0. The molecule has 5 aliphatic rings. The van der Waals surface area contributed by atoms with Crippen LogP contribution in [0.25, 0.3) is 33.4 Å². The number of aryl methyl sites for hydroxylation is 1. The lowest BCUT2D eigenvalue weighted by atomic mass is 9.67. The monoisotopic (exact) mass is 753 g/mol. The van der Waals surface area contributed by atoms with Crippen LogP contribution in [-0.4, -0.2) is 100 Å². The average molecular weight is 754 g/mol. The molecule has 4 aliphatic heterocycles. The molecule has 2 N–H and O–H groups in total. The van der Waals surface area contributed by atoms with Gasteiger partial charge in [-0.2, -0.15) is 0 Å². The van der Waals surface area contributed by atoms with Crippen molar-refractivity contribution in [3.05, 3.63) is 58.2 Å². The van der Waals surface area contributed by atoms with Crippen molar-refractivity contribution in [2.75, 3.05) is 40.0 Å². The number of amides is 3. The first-order chi connectivity index (χ1) is 26.2. The number of benzene rings is 1. The molecule has 54 heavy (non-hydrogen) atoms. The average Bonchev–Trinajstić information content (AvgIpc) is 3.78. The second kappa shape index (κ2) is 13.7. The molecule has 9 rings (SSSR count). The summed E-state index contributed by atoms with van der Waals surface area (Å²) in [6, 6.07) is 8.82. The second-order valence-corrected chi connectivity index (χ2v) is 16.8. The van der Waals surface area contributed by atoms with E-state index >= 15 is 0 Å². The van der Waals surface area contributed by atoms with Crippen LogP contribution in [0.4, 0.5) is 4.79 Å². The van der Waals surface area contributed by atoms with Crippen molar-refractivity contribution >= 4 is 40.1 Å². The number of ether oxygens (including phenoxy) is 3. The number of aromatic nitrogens is 3. The van der Waals surface area contributed by atoms with Crippen molar-refractivity contribution in [2.24, 2.45) is 11.3 Å². The summed E-state index contributed by atoms with van der Waals surface area (Å²) in [5.74, 6) is -0.613. The zero-order valence-electron chi connectivity index (χ0n) is 31.2. The van der Waals surface area contributed by atoms with Gasteiger partial charge in [0.15, 0.2) is 0 Å². The number of pyridine rings is 1. The molecule has 0 saturated carbocycles. The lowest BCUT2D eigenvalue weighted by Crippen LogP contribution is -2.67. The fraction of sp³-hybridized carbons (Fsp3) is 0.525. The van der Waals surface area contributed by atoms with Crippen molar-refractivity contribution in [3.63, 3.8) is 0 Å². The molecule has 6 bridgehead atoms. The van der Waals surface area contributed by atoms with Crippen LogP contribution in [0, 0.1) is 11.3 Å². The molecule has 14 heteroatoms. The van der Waals surface area contributed by atoms with E-state index in [-0.39, 0.29) is 43.0 Å². The minimum atomic E-state index is -0.885. The molecule has 2 unspecified atom stereocenters. The Morgan fingerprint density at radius 1 is 1.20 bits per heavy atom. The summed E-state index contributed by atoms with van der Waals surface area (Å²) in [6.07, 6.45) is 3.55. The lowest BCUT2D eigenvalue weighted by Gasteiger charge is -2.50. The molecule has 3 aromatic heterocycles. The largest absolute Gasteiger partial charge is 0.464 e. The summed E-state index contributed by atoms with van der Waals surface area (Å²) in [5.41, 5.74) is 9.59. The van der Waals surface area contributed by atoms with Gasteiger partial charge in [-0.1, -0.05) is 19.9 Å². The topological polar surface area (TPSA) is 140 Å². The Morgan fingerprint density at radius 3 is 2.89 bits per heavy atom. The Hall–Kier alpha value is -4.37. The summed E-state index contributed by atoms with van der Waals surface area (Å²) in [5, 5.41) is 8.40. The number of hydrogen-bond donors (Lipinski definition) is 2. The number of cyclic esters (lactones) is 1. The van der Waals surface area contributed by atoms with Crippen molar-refractivity contribution < 1.29 is 28.6 Å². The van der Waals surface area contributed by atoms with Crippen LogP contribution >= 0.6 is 11.3 Å². The minimum absolute atomic E-state index is 0.114. The number of likely N-dealkylation sites (tertiary alicyclic amines) is 1. The number of thiazole rings is 1. The number of methoxy groups -OCH3 is 1. The number of hydrazine groups is 1. The fourth-order valence-corrected chi connectivity index (χ4v) is 10.3. The van der Waals surface area contributed by atoms with E-state index in [1.54, 1.807) is 7.11 Å². The zero-order chi connectivity index (χ0) is 37.3. The predicted molar refractivity (Wildman–Crippen MR) is 202 cm³/mol. The standard InChI is InChI=1S/C40H47N7O6S/c1-5-45-30-11-10-22-16-25(30)32-33(36(51-4)34-24(35(32)45)8-6-13-41-34)40(2,3)21-53-38(49)26-9-7-14-47(44-26)37(48)27(17-31-42-28(22)20-54-31)43-39(50)46-18-23-19-52-15-12-29(23)46/h6,8,10-11,13,16,20,23,26-27,29,33,36,44H,5,7,9,12,14-15,17-19,21H2,1-4H3,(H,43,50)/t23-,26+,27?,29+,33?,36+/m1/s1. The molecule has 4 aromatic rings. The third-order valence-electron chi connectivity index (χ3n) is 12.2. The summed E-state index contributed by atoms with van der Waals surface area (Å²) in [4.78, 5) is 53.6. The molecule has 13 nitrogen and oxygen atoms in total. The van der Waals surface area contributed by atoms with Crippen LogP contribution in [-0.2, 0) is 36.8 Å². The van der Waals surface area contributed by atoms with Crippen molar-refractivity contribution in [2.45, 2.75) is 83.1 Å². The van der Waals surface area contributed by atoms with Gasteiger partial charge >= 0.3 is 12.0 Å². The predicted octanol–water partition coefficient (Wildman–Crippen LogP) is 5.05. The van der Waals surface area contributed by atoms with Crippen LogP contribution in [0.1, 0.15) is 68.3 Å². The molecule has 0 spiro atoms. The molecule has 1 aromatic carbocycles. The Kier molecular flexibility index (Phi) is 8.99. The van der Waals surface area contributed by atoms with E-state index in [2.05, 4.69) is 60.3 Å². The smallest absolute Gasteiger partial charge is 0.324 e. The Bertz CT molecular complexity index is 2130. The van der Waals surface area contributed by atoms with E-state index in [0.29, 0.717) is 45.1 Å². The maximum atomic E-state index is 14.3. The van der Waals surface area contributed by atoms with Crippen molar-refractivity contribution in [1.29, 1.82) is 0 Å². The van der Waals surface area contributed by atoms with E-state index in [9.17, 15) is 14.4 Å². The molecule has 3 amide bonds. The normalized spacial score (nSPS) is 27.7. The molecule has 7 heterocycles. The molecular weight excluding hydrogens is 707 g/mol. The van der Waals surface area contributed by atoms with Crippen molar-refractivity contribution in [3.8, 4) is 22.5 Å². The van der Waals surface area contributed by atoms with Gasteiger partial charge in [-0.15, -0.1) is 11.3 Å². The summed E-state index contributed by atoms with van der Waals surface area (Å²) in [6.45, 7) is 9.55. The Balaban J connectivity index is 1.15. The molecule has 3 fully saturated rings. The van der Waals surface area contributed by atoms with Gasteiger partial charge in [-0.25, -0.2) is 15.2 Å². The number of carbonyl (C=O) groups is 3. The molecule has 284 valence electrons. The van der Waals surface area contributed by atoms with Crippen molar-refractivity contribution in [1.82, 2.24) is 35.2 Å². The van der Waals surface area contributed by atoms with Gasteiger partial charge in [0.2, 0.25) is 0 Å². The summed E-state index contributed by atoms with van der Waals surface area (Å²) < 4.78 is 20.5. The number of hydrogen-bond acceptors (Lipinski definition) is 10. The van der Waals surface area contributed by atoms with Gasteiger partial charge in [0, 0.05) is 96.7 Å². The lowest BCUT2D eigenvalue weighted by molar-refractivity contribution is -0.156. The SMILES string of the molecule is CCn1c2c3c4cc(ccc41)-c1csc(n1)CC(NC(=O)N1C[C@@H]4COCC[C@@H]41)C(=O)N1CCC[C@H](N1)C(=O)OCC(C)(C)C3[C@H](OC)c1ncccc1-2.